The van der Waals surface area contributed by atoms with Crippen molar-refractivity contribution in [3.8, 4) is 12.5 Å². The minimum atomic E-state index is -1.20. The van der Waals surface area contributed by atoms with Gasteiger partial charge in [0.05, 0.1) is 10.7 Å². The van der Waals surface area contributed by atoms with Gasteiger partial charge >= 0.3 is 6.09 Å². The van der Waals surface area contributed by atoms with Crippen LogP contribution in [-0.2, 0) is 20.7 Å². The molecule has 0 spiro atoms. The van der Waals surface area contributed by atoms with Crippen molar-refractivity contribution in [2.24, 2.45) is 0 Å². The Morgan fingerprint density at radius 1 is 1.17 bits per heavy atom. The van der Waals surface area contributed by atoms with Gasteiger partial charge in [0, 0.05) is 11.8 Å². The number of amides is 3. The van der Waals surface area contributed by atoms with E-state index in [2.05, 4.69) is 29.3 Å². The molecule has 2 N–H and O–H groups in total. The number of para-hydroxylation sites is 1. The van der Waals surface area contributed by atoms with Gasteiger partial charge in [0.25, 0.3) is 11.8 Å². The normalized spacial score (nSPS) is 12.6. The van der Waals surface area contributed by atoms with E-state index in [4.69, 9.17) is 22.8 Å². The van der Waals surface area contributed by atoms with Crippen LogP contribution in [0.1, 0.15) is 50.4 Å². The molecule has 0 fully saturated rings. The third-order valence-corrected chi connectivity index (χ3v) is 5.91. The highest BCUT2D eigenvalue weighted by molar-refractivity contribution is 7.80. The number of aryl methyl sites for hydroxylation is 2. The first-order chi connectivity index (χ1) is 16.9. The zero-order valence-electron chi connectivity index (χ0n) is 21.1. The SMILES string of the molecule is C#CN(C(=O)C(CS)NC(=O)OC(C)(C)C)C(C(=O)Nc1c(C)cccc1Cl)c1ccc(CC)cc1. The molecule has 0 radical (unpaired) electrons. The number of nitrogens with zero attached hydrogens (tertiary/aromatic N) is 1. The molecule has 192 valence electrons. The highest BCUT2D eigenvalue weighted by atomic mass is 35.5. The van der Waals surface area contributed by atoms with Crippen molar-refractivity contribution in [1.29, 1.82) is 0 Å². The van der Waals surface area contributed by atoms with E-state index in [1.165, 1.54) is 0 Å². The number of thiol groups is 1. The summed E-state index contributed by atoms with van der Waals surface area (Å²) in [5.41, 5.74) is 1.95. The summed E-state index contributed by atoms with van der Waals surface area (Å²) < 4.78 is 5.26. The van der Waals surface area contributed by atoms with Gasteiger partial charge in [0.15, 0.2) is 0 Å². The van der Waals surface area contributed by atoms with Crippen LogP contribution in [0.3, 0.4) is 0 Å². The number of alkyl carbamates (subject to hydrolysis) is 1. The molecule has 2 aromatic rings. The third kappa shape index (κ3) is 7.67. The van der Waals surface area contributed by atoms with Crippen LogP contribution in [0.5, 0.6) is 0 Å². The Balaban J connectivity index is 2.45. The molecular weight excluding hydrogens is 498 g/mol. The molecule has 2 atom stereocenters. The number of nitrogens with one attached hydrogen (secondary N) is 2. The number of carbonyl (C=O) groups excluding carboxylic acids is 3. The van der Waals surface area contributed by atoms with Crippen LogP contribution in [0, 0.1) is 19.4 Å². The van der Waals surface area contributed by atoms with Crippen molar-refractivity contribution < 1.29 is 19.1 Å². The predicted molar refractivity (Wildman–Crippen MR) is 146 cm³/mol. The van der Waals surface area contributed by atoms with E-state index in [0.717, 1.165) is 22.4 Å². The second kappa shape index (κ2) is 12.7. The molecule has 7 nitrogen and oxygen atoms in total. The summed E-state index contributed by atoms with van der Waals surface area (Å²) in [6, 6.07) is 12.4. The average molecular weight is 530 g/mol. The Hall–Kier alpha value is -3.15. The summed E-state index contributed by atoms with van der Waals surface area (Å²) in [7, 11) is 0. The largest absolute Gasteiger partial charge is 0.444 e. The molecule has 0 aliphatic rings. The number of ether oxygens (including phenoxy) is 1. The van der Waals surface area contributed by atoms with Gasteiger partial charge in [-0.25, -0.2) is 4.79 Å². The summed E-state index contributed by atoms with van der Waals surface area (Å²) in [6.45, 7) is 8.92. The van der Waals surface area contributed by atoms with Crippen LogP contribution in [0.4, 0.5) is 10.5 Å². The maximum Gasteiger partial charge on any atom is 0.408 e. The van der Waals surface area contributed by atoms with Crippen molar-refractivity contribution in [3.63, 3.8) is 0 Å². The van der Waals surface area contributed by atoms with Gasteiger partial charge in [0.1, 0.15) is 17.7 Å². The lowest BCUT2D eigenvalue weighted by atomic mass is 10.0. The first kappa shape index (κ1) is 29.1. The lowest BCUT2D eigenvalue weighted by Gasteiger charge is -2.30. The zero-order valence-corrected chi connectivity index (χ0v) is 22.7. The van der Waals surface area contributed by atoms with Crippen molar-refractivity contribution in [2.45, 2.75) is 58.7 Å². The van der Waals surface area contributed by atoms with Gasteiger partial charge in [-0.05, 0) is 56.9 Å². The third-order valence-electron chi connectivity index (χ3n) is 5.23. The summed E-state index contributed by atoms with van der Waals surface area (Å²) in [4.78, 5) is 40.4. The Morgan fingerprint density at radius 3 is 2.31 bits per heavy atom. The van der Waals surface area contributed by atoms with E-state index in [1.807, 2.05) is 19.1 Å². The molecule has 36 heavy (non-hydrogen) atoms. The van der Waals surface area contributed by atoms with Crippen molar-refractivity contribution in [1.82, 2.24) is 10.2 Å². The second-order valence-electron chi connectivity index (χ2n) is 9.14. The number of benzene rings is 2. The fraction of sp³-hybridized carbons (Fsp3) is 0.370. The number of rotatable bonds is 8. The molecule has 2 rings (SSSR count). The standard InChI is InChI=1S/C27H32ClN3O4S/c1-7-18-12-14-19(15-13-18)23(24(32)30-22-17(3)10-9-11-20(22)28)31(8-2)25(33)21(16-36)29-26(34)35-27(4,5)6/h2,9-15,21,23,36H,7,16H2,1,3-6H3,(H,29,34)(H,30,32). The number of terminal acetylenes is 1. The maximum atomic E-state index is 13.6. The van der Waals surface area contributed by atoms with Crippen LogP contribution in [0.15, 0.2) is 42.5 Å². The Kier molecular flexibility index (Phi) is 10.3. The molecule has 9 heteroatoms. The topological polar surface area (TPSA) is 87.7 Å². The molecule has 2 aromatic carbocycles. The van der Waals surface area contributed by atoms with Gasteiger partial charge in [-0.2, -0.15) is 12.6 Å². The molecule has 2 unspecified atom stereocenters. The fourth-order valence-electron chi connectivity index (χ4n) is 3.40. The molecule has 0 saturated carbocycles. The highest BCUT2D eigenvalue weighted by Crippen LogP contribution is 2.29. The zero-order chi connectivity index (χ0) is 27.0. The van der Waals surface area contributed by atoms with Crippen molar-refractivity contribution in [2.75, 3.05) is 11.1 Å². The van der Waals surface area contributed by atoms with E-state index >= 15 is 0 Å². The molecule has 0 saturated heterocycles. The minimum Gasteiger partial charge on any atom is -0.444 e. The Bertz CT molecular complexity index is 1120. The van der Waals surface area contributed by atoms with E-state index < -0.39 is 35.6 Å². The van der Waals surface area contributed by atoms with Gasteiger partial charge in [-0.3, -0.25) is 14.5 Å². The maximum absolute atomic E-state index is 13.6. The minimum absolute atomic E-state index is 0.0665. The molecule has 3 amide bonds. The molecular formula is C27H32ClN3O4S. The lowest BCUT2D eigenvalue weighted by molar-refractivity contribution is -0.136. The molecule has 0 heterocycles. The first-order valence-electron chi connectivity index (χ1n) is 11.5. The second-order valence-corrected chi connectivity index (χ2v) is 9.91. The van der Waals surface area contributed by atoms with Crippen LogP contribution >= 0.6 is 24.2 Å². The smallest absolute Gasteiger partial charge is 0.408 e. The number of halogens is 1. The van der Waals surface area contributed by atoms with E-state index in [9.17, 15) is 14.4 Å². The number of hydrogen-bond acceptors (Lipinski definition) is 5. The van der Waals surface area contributed by atoms with E-state index in [0.29, 0.717) is 16.3 Å². The van der Waals surface area contributed by atoms with Crippen molar-refractivity contribution >= 4 is 47.8 Å². The molecule has 0 bridgehead atoms. The summed E-state index contributed by atoms with van der Waals surface area (Å²) in [6.07, 6.45) is 5.77. The first-order valence-corrected chi connectivity index (χ1v) is 12.5. The van der Waals surface area contributed by atoms with E-state index in [1.54, 1.807) is 58.0 Å². The van der Waals surface area contributed by atoms with Gasteiger partial charge in [-0.15, -0.1) is 0 Å². The van der Waals surface area contributed by atoms with Crippen molar-refractivity contribution in [3.05, 3.63) is 64.2 Å². The summed E-state index contributed by atoms with van der Waals surface area (Å²) in [5, 5.41) is 5.65. The highest BCUT2D eigenvalue weighted by Gasteiger charge is 2.35. The average Bonchev–Trinajstić information content (AvgIpc) is 2.81. The van der Waals surface area contributed by atoms with Crippen LogP contribution in [-0.4, -0.2) is 40.2 Å². The van der Waals surface area contributed by atoms with E-state index in [-0.39, 0.29) is 5.75 Å². The molecule has 0 aliphatic heterocycles. The predicted octanol–water partition coefficient (Wildman–Crippen LogP) is 5.13. The number of carbonyl (C=O) groups is 3. The number of hydrogen-bond donors (Lipinski definition) is 3. The van der Waals surface area contributed by atoms with Crippen LogP contribution < -0.4 is 10.6 Å². The monoisotopic (exact) mass is 529 g/mol. The van der Waals surface area contributed by atoms with Crippen LogP contribution in [0.2, 0.25) is 5.02 Å². The van der Waals surface area contributed by atoms with Gasteiger partial charge in [-0.1, -0.05) is 61.3 Å². The summed E-state index contributed by atoms with van der Waals surface area (Å²) >= 11 is 10.5. The molecule has 0 aromatic heterocycles. The van der Waals surface area contributed by atoms with Gasteiger partial charge < -0.3 is 15.4 Å². The quantitative estimate of drug-likeness (QED) is 0.251. The van der Waals surface area contributed by atoms with Gasteiger partial charge in [0.2, 0.25) is 0 Å². The number of anilines is 1. The fourth-order valence-corrected chi connectivity index (χ4v) is 3.92. The molecule has 0 aliphatic carbocycles. The Morgan fingerprint density at radius 2 is 1.81 bits per heavy atom. The van der Waals surface area contributed by atoms with Crippen LogP contribution in [0.25, 0.3) is 0 Å². The summed E-state index contributed by atoms with van der Waals surface area (Å²) in [5.74, 6) is -1.31. The lowest BCUT2D eigenvalue weighted by Crippen LogP contribution is -2.51. The Labute approximate surface area is 223 Å².